The Balaban J connectivity index is 2.85. The molecule has 0 aromatic carbocycles. The van der Waals surface area contributed by atoms with Gasteiger partial charge in [-0.1, -0.05) is 6.92 Å². The monoisotopic (exact) mass is 283 g/mol. The minimum absolute atomic E-state index is 0.164. The molecule has 0 N–H and O–H groups in total. The van der Waals surface area contributed by atoms with Crippen LogP contribution in [-0.2, 0) is 16.6 Å². The number of rotatable bonds is 5. The fraction of sp³-hybridized carbons (Fsp3) is 0.500. The van der Waals surface area contributed by atoms with Crippen LogP contribution in [0.3, 0.4) is 0 Å². The van der Waals surface area contributed by atoms with E-state index in [-0.39, 0.29) is 18.1 Å². The van der Waals surface area contributed by atoms with Crippen molar-refractivity contribution in [3.63, 3.8) is 0 Å². The average molecular weight is 283 g/mol. The number of nitrogens with zero attached hydrogens (tertiary/aromatic N) is 3. The molecule has 1 rings (SSSR count). The molecule has 8 heteroatoms. The summed E-state index contributed by atoms with van der Waals surface area (Å²) in [6.07, 6.45) is 0. The molecule has 8 nitrogen and oxygen atoms in total. The highest BCUT2D eigenvalue weighted by Gasteiger charge is 2.25. The molecule has 0 saturated heterocycles. The van der Waals surface area contributed by atoms with E-state index >= 15 is 0 Å². The number of ether oxygens (including phenoxy) is 1. The highest BCUT2D eigenvalue weighted by molar-refractivity contribution is 5.93. The lowest BCUT2D eigenvalue weighted by Gasteiger charge is -2.19. The molecule has 0 aliphatic rings. The Bertz CT molecular complexity index is 537. The zero-order chi connectivity index (χ0) is 15.4. The van der Waals surface area contributed by atoms with Gasteiger partial charge in [-0.15, -0.1) is 0 Å². The van der Waals surface area contributed by atoms with Crippen LogP contribution >= 0.6 is 0 Å². The Morgan fingerprint density at radius 1 is 1.50 bits per heavy atom. The molecule has 1 aromatic rings. The van der Waals surface area contributed by atoms with Crippen molar-refractivity contribution in [3.8, 4) is 0 Å². The van der Waals surface area contributed by atoms with Crippen molar-refractivity contribution >= 4 is 17.7 Å². The van der Waals surface area contributed by atoms with Crippen LogP contribution < -0.4 is 0 Å². The second-order valence-electron chi connectivity index (χ2n) is 4.50. The molecule has 0 fully saturated rings. The van der Waals surface area contributed by atoms with Crippen molar-refractivity contribution < 1.29 is 19.2 Å². The second kappa shape index (κ2) is 6.18. The Labute approximate surface area is 116 Å². The molecular formula is C12H17N3O5. The molecule has 0 aliphatic carbocycles. The molecule has 0 radical (unpaired) electrons. The number of esters is 1. The molecule has 1 heterocycles. The first-order chi connectivity index (χ1) is 9.29. The Morgan fingerprint density at radius 3 is 2.55 bits per heavy atom. The first kappa shape index (κ1) is 15.7. The summed E-state index contributed by atoms with van der Waals surface area (Å²) in [5.41, 5.74) is 0.191. The Kier molecular flexibility index (Phi) is 4.84. The van der Waals surface area contributed by atoms with E-state index in [2.05, 4.69) is 4.74 Å². The summed E-state index contributed by atoms with van der Waals surface area (Å²) in [5.74, 6) is -1.44. The summed E-state index contributed by atoms with van der Waals surface area (Å²) in [5, 5.41) is 10.7. The lowest BCUT2D eigenvalue weighted by atomic mass is 10.1. The third-order valence-corrected chi connectivity index (χ3v) is 3.00. The smallest absolute Gasteiger partial charge is 0.323 e. The molecule has 0 saturated carbocycles. The summed E-state index contributed by atoms with van der Waals surface area (Å²) >= 11 is 0. The molecule has 0 bridgehead atoms. The van der Waals surface area contributed by atoms with Crippen molar-refractivity contribution in [3.05, 3.63) is 27.9 Å². The average Bonchev–Trinajstić information content (AvgIpc) is 2.78. The van der Waals surface area contributed by atoms with Crippen LogP contribution in [0, 0.1) is 16.0 Å². The van der Waals surface area contributed by atoms with E-state index in [9.17, 15) is 19.7 Å². The van der Waals surface area contributed by atoms with Gasteiger partial charge < -0.3 is 19.8 Å². The first-order valence-corrected chi connectivity index (χ1v) is 5.93. The molecular weight excluding hydrogens is 266 g/mol. The third-order valence-electron chi connectivity index (χ3n) is 3.00. The molecule has 20 heavy (non-hydrogen) atoms. The number of hydrogen-bond donors (Lipinski definition) is 0. The van der Waals surface area contributed by atoms with Crippen molar-refractivity contribution in [2.45, 2.75) is 6.92 Å². The topological polar surface area (TPSA) is 94.7 Å². The number of carbonyl (C=O) groups is 2. The molecule has 1 atom stereocenters. The highest BCUT2D eigenvalue weighted by Crippen LogP contribution is 2.16. The van der Waals surface area contributed by atoms with Crippen molar-refractivity contribution in [1.29, 1.82) is 0 Å². The summed E-state index contributed by atoms with van der Waals surface area (Å²) in [7, 11) is 4.25. The fourth-order valence-corrected chi connectivity index (χ4v) is 1.86. The standard InChI is InChI=1S/C12H17N3O5/c1-8(12(17)20-4)7-13(2)11(16)9-5-6-10(14(9)3)15(18)19/h5-6,8H,7H2,1-4H3. The number of carbonyl (C=O) groups excluding carboxylic acids is 2. The fourth-order valence-electron chi connectivity index (χ4n) is 1.86. The molecule has 1 amide bonds. The second-order valence-corrected chi connectivity index (χ2v) is 4.50. The molecule has 0 aliphatic heterocycles. The third kappa shape index (κ3) is 3.14. The maximum absolute atomic E-state index is 12.2. The van der Waals surface area contributed by atoms with Gasteiger partial charge >= 0.3 is 11.8 Å². The number of amides is 1. The minimum Gasteiger partial charge on any atom is -0.469 e. The van der Waals surface area contributed by atoms with Crippen molar-refractivity contribution in [1.82, 2.24) is 9.47 Å². The molecule has 1 aromatic heterocycles. The van der Waals surface area contributed by atoms with Gasteiger partial charge in [-0.25, -0.2) is 4.57 Å². The normalized spacial score (nSPS) is 11.8. The zero-order valence-electron chi connectivity index (χ0n) is 11.8. The van der Waals surface area contributed by atoms with Crippen LogP contribution in [0.25, 0.3) is 0 Å². The number of methoxy groups -OCH3 is 1. The van der Waals surface area contributed by atoms with Crippen LogP contribution in [0.4, 0.5) is 5.82 Å². The van der Waals surface area contributed by atoms with E-state index in [1.165, 1.54) is 42.8 Å². The lowest BCUT2D eigenvalue weighted by Crippen LogP contribution is -2.35. The summed E-state index contributed by atoms with van der Waals surface area (Å²) < 4.78 is 5.80. The Morgan fingerprint density at radius 2 is 2.10 bits per heavy atom. The Hall–Kier alpha value is -2.38. The number of hydrogen-bond acceptors (Lipinski definition) is 5. The summed E-state index contributed by atoms with van der Waals surface area (Å²) in [4.78, 5) is 35.0. The summed E-state index contributed by atoms with van der Waals surface area (Å²) in [6, 6.07) is 2.66. The summed E-state index contributed by atoms with van der Waals surface area (Å²) in [6.45, 7) is 1.81. The van der Waals surface area contributed by atoms with Gasteiger partial charge in [-0.3, -0.25) is 9.59 Å². The molecule has 1 unspecified atom stereocenters. The largest absolute Gasteiger partial charge is 0.469 e. The maximum Gasteiger partial charge on any atom is 0.323 e. The van der Waals surface area contributed by atoms with Gasteiger partial charge in [0.15, 0.2) is 5.69 Å². The van der Waals surface area contributed by atoms with E-state index in [4.69, 9.17) is 0 Å². The van der Waals surface area contributed by atoms with Crippen LogP contribution in [0.1, 0.15) is 17.4 Å². The lowest BCUT2D eigenvalue weighted by molar-refractivity contribution is -0.391. The maximum atomic E-state index is 12.2. The van der Waals surface area contributed by atoms with Crippen molar-refractivity contribution in [2.75, 3.05) is 20.7 Å². The van der Waals surface area contributed by atoms with E-state index in [1.54, 1.807) is 6.92 Å². The van der Waals surface area contributed by atoms with E-state index < -0.39 is 22.7 Å². The van der Waals surface area contributed by atoms with Gasteiger partial charge in [0.25, 0.3) is 5.91 Å². The van der Waals surface area contributed by atoms with Crippen LogP contribution in [-0.4, -0.2) is 47.0 Å². The van der Waals surface area contributed by atoms with Crippen LogP contribution in [0.15, 0.2) is 12.1 Å². The van der Waals surface area contributed by atoms with Gasteiger partial charge in [0, 0.05) is 19.7 Å². The minimum atomic E-state index is -0.562. The molecule has 0 spiro atoms. The molecule has 110 valence electrons. The van der Waals surface area contributed by atoms with Gasteiger partial charge in [0.1, 0.15) is 0 Å². The van der Waals surface area contributed by atoms with Crippen molar-refractivity contribution in [2.24, 2.45) is 13.0 Å². The van der Waals surface area contributed by atoms with Gasteiger partial charge in [-0.05, 0) is 11.0 Å². The van der Waals surface area contributed by atoms with Crippen LogP contribution in [0.2, 0.25) is 0 Å². The first-order valence-electron chi connectivity index (χ1n) is 5.93. The predicted molar refractivity (Wildman–Crippen MR) is 70.2 cm³/mol. The van der Waals surface area contributed by atoms with E-state index in [1.807, 2.05) is 0 Å². The zero-order valence-corrected chi connectivity index (χ0v) is 11.8. The van der Waals surface area contributed by atoms with Gasteiger partial charge in [-0.2, -0.15) is 0 Å². The quantitative estimate of drug-likeness (QED) is 0.453. The predicted octanol–water partition coefficient (Wildman–Crippen LogP) is 0.814. The van der Waals surface area contributed by atoms with Gasteiger partial charge in [0.05, 0.1) is 20.1 Å². The number of nitro groups is 1. The number of aromatic nitrogens is 1. The SMILES string of the molecule is COC(=O)C(C)CN(C)C(=O)c1ccc([N+](=O)[O-])n1C. The van der Waals surface area contributed by atoms with E-state index in [0.29, 0.717) is 0 Å². The highest BCUT2D eigenvalue weighted by atomic mass is 16.6. The van der Waals surface area contributed by atoms with Gasteiger partial charge in [0.2, 0.25) is 0 Å². The van der Waals surface area contributed by atoms with Crippen LogP contribution in [0.5, 0.6) is 0 Å². The van der Waals surface area contributed by atoms with E-state index in [0.717, 1.165) is 0 Å².